The zero-order valence-electron chi connectivity index (χ0n) is 9.87. The van der Waals surface area contributed by atoms with E-state index >= 15 is 0 Å². The molecular formula is C11H14BrN3O2. The maximum Gasteiger partial charge on any atom is 0.286 e. The molecule has 0 saturated carbocycles. The second-order valence-corrected chi connectivity index (χ2v) is 4.74. The Bertz CT molecular complexity index is 473. The molecule has 0 aliphatic carbocycles. The third-order valence-electron chi connectivity index (χ3n) is 1.92. The Hall–Kier alpha value is -1.56. The number of aromatic nitrogens is 1. The van der Waals surface area contributed by atoms with Gasteiger partial charge in [-0.2, -0.15) is 0 Å². The molecule has 1 rings (SSSR count). The molecule has 5 nitrogen and oxygen atoms in total. The predicted octanol–water partition coefficient (Wildman–Crippen LogP) is 1.51. The van der Waals surface area contributed by atoms with Gasteiger partial charge in [-0.1, -0.05) is 5.57 Å². The second-order valence-electron chi connectivity index (χ2n) is 3.82. The summed E-state index contributed by atoms with van der Waals surface area (Å²) in [5.41, 5.74) is 5.95. The summed E-state index contributed by atoms with van der Waals surface area (Å²) in [6.45, 7) is 3.60. The van der Waals surface area contributed by atoms with Crippen molar-refractivity contribution in [3.8, 4) is 0 Å². The van der Waals surface area contributed by atoms with Crippen molar-refractivity contribution in [3.05, 3.63) is 34.1 Å². The number of amides is 2. The Morgan fingerprint density at radius 2 is 2.00 bits per heavy atom. The molecule has 1 aromatic heterocycles. The van der Waals surface area contributed by atoms with Crippen LogP contribution in [0.2, 0.25) is 0 Å². The summed E-state index contributed by atoms with van der Waals surface area (Å²) in [7, 11) is 1.75. The summed E-state index contributed by atoms with van der Waals surface area (Å²) in [6, 6.07) is 1.67. The van der Waals surface area contributed by atoms with E-state index < -0.39 is 0 Å². The number of aryl methyl sites for hydroxylation is 1. The zero-order chi connectivity index (χ0) is 13.0. The number of hydrogen-bond acceptors (Lipinski definition) is 2. The molecule has 0 aliphatic heterocycles. The van der Waals surface area contributed by atoms with Crippen molar-refractivity contribution in [1.29, 1.82) is 0 Å². The van der Waals surface area contributed by atoms with E-state index in [1.165, 1.54) is 6.08 Å². The lowest BCUT2D eigenvalue weighted by Crippen LogP contribution is -2.41. The first-order chi connectivity index (χ1) is 7.90. The van der Waals surface area contributed by atoms with Crippen LogP contribution in [-0.4, -0.2) is 16.4 Å². The van der Waals surface area contributed by atoms with Crippen LogP contribution in [0.1, 0.15) is 24.3 Å². The summed E-state index contributed by atoms with van der Waals surface area (Å²) in [5, 5.41) is 0. The molecule has 0 unspecified atom stereocenters. The van der Waals surface area contributed by atoms with Gasteiger partial charge in [-0.05, 0) is 35.8 Å². The van der Waals surface area contributed by atoms with Crippen LogP contribution in [0, 0.1) is 0 Å². The van der Waals surface area contributed by atoms with E-state index in [-0.39, 0.29) is 11.8 Å². The molecular weight excluding hydrogens is 286 g/mol. The van der Waals surface area contributed by atoms with Crippen molar-refractivity contribution in [1.82, 2.24) is 15.4 Å². The minimum absolute atomic E-state index is 0.355. The van der Waals surface area contributed by atoms with Crippen LogP contribution >= 0.6 is 15.9 Å². The van der Waals surface area contributed by atoms with Crippen LogP contribution in [0.5, 0.6) is 0 Å². The minimum Gasteiger partial charge on any atom is -0.345 e. The number of nitrogens with one attached hydrogen (secondary N) is 2. The quantitative estimate of drug-likeness (QED) is 0.642. The van der Waals surface area contributed by atoms with Gasteiger partial charge in [0.15, 0.2) is 0 Å². The predicted molar refractivity (Wildman–Crippen MR) is 68.2 cm³/mol. The van der Waals surface area contributed by atoms with E-state index in [1.807, 2.05) is 0 Å². The highest BCUT2D eigenvalue weighted by Crippen LogP contribution is 2.13. The molecule has 6 heteroatoms. The second kappa shape index (κ2) is 5.67. The molecule has 1 heterocycles. The number of carbonyl (C=O) groups excluding carboxylic acids is 2. The SMILES string of the molecule is CC(C)=CC(=O)NNC(=O)c1cc(Br)cn1C. The maximum atomic E-state index is 11.7. The summed E-state index contributed by atoms with van der Waals surface area (Å²) in [5.74, 6) is -0.722. The lowest BCUT2D eigenvalue weighted by Gasteiger charge is -2.06. The number of nitrogens with zero attached hydrogens (tertiary/aromatic N) is 1. The van der Waals surface area contributed by atoms with Crippen molar-refractivity contribution >= 4 is 27.7 Å². The first-order valence-corrected chi connectivity index (χ1v) is 5.76. The van der Waals surface area contributed by atoms with E-state index in [4.69, 9.17) is 0 Å². The van der Waals surface area contributed by atoms with E-state index in [1.54, 1.807) is 37.7 Å². The molecule has 2 amide bonds. The fraction of sp³-hybridized carbons (Fsp3) is 0.273. The van der Waals surface area contributed by atoms with E-state index in [9.17, 15) is 9.59 Å². The topological polar surface area (TPSA) is 63.1 Å². The van der Waals surface area contributed by atoms with Gasteiger partial charge < -0.3 is 4.57 Å². The molecule has 0 atom stereocenters. The third-order valence-corrected chi connectivity index (χ3v) is 2.36. The van der Waals surface area contributed by atoms with Crippen LogP contribution in [-0.2, 0) is 11.8 Å². The average Bonchev–Trinajstić information content (AvgIpc) is 2.53. The van der Waals surface area contributed by atoms with Crippen LogP contribution < -0.4 is 10.9 Å². The molecule has 2 N–H and O–H groups in total. The lowest BCUT2D eigenvalue weighted by molar-refractivity contribution is -0.117. The molecule has 0 bridgehead atoms. The van der Waals surface area contributed by atoms with E-state index in [2.05, 4.69) is 26.8 Å². The standard InChI is InChI=1S/C11H14BrN3O2/c1-7(2)4-10(16)13-14-11(17)9-5-8(12)6-15(9)3/h4-6H,1-3H3,(H,13,16)(H,14,17). The zero-order valence-corrected chi connectivity index (χ0v) is 11.5. The smallest absolute Gasteiger partial charge is 0.286 e. The minimum atomic E-state index is -0.367. The summed E-state index contributed by atoms with van der Waals surface area (Å²) in [4.78, 5) is 22.9. The number of allylic oxidation sites excluding steroid dienone is 1. The monoisotopic (exact) mass is 299 g/mol. The third kappa shape index (κ3) is 4.07. The van der Waals surface area contributed by atoms with Gasteiger partial charge in [0.1, 0.15) is 5.69 Å². The Kier molecular flexibility index (Phi) is 4.51. The summed E-state index contributed by atoms with van der Waals surface area (Å²) >= 11 is 3.27. The van der Waals surface area contributed by atoms with E-state index in [0.29, 0.717) is 5.69 Å². The van der Waals surface area contributed by atoms with Crippen LogP contribution in [0.3, 0.4) is 0 Å². The number of halogens is 1. The van der Waals surface area contributed by atoms with Crippen LogP contribution in [0.25, 0.3) is 0 Å². The molecule has 0 aliphatic rings. The maximum absolute atomic E-state index is 11.7. The Morgan fingerprint density at radius 1 is 1.35 bits per heavy atom. The fourth-order valence-corrected chi connectivity index (χ4v) is 1.75. The van der Waals surface area contributed by atoms with Gasteiger partial charge in [-0.25, -0.2) is 0 Å². The van der Waals surface area contributed by atoms with Crippen molar-refractivity contribution in [2.45, 2.75) is 13.8 Å². The molecule has 1 aromatic rings. The largest absolute Gasteiger partial charge is 0.345 e. The van der Waals surface area contributed by atoms with Gasteiger partial charge in [0, 0.05) is 23.8 Å². The highest BCUT2D eigenvalue weighted by Gasteiger charge is 2.10. The fourth-order valence-electron chi connectivity index (χ4n) is 1.23. The summed E-state index contributed by atoms with van der Waals surface area (Å²) < 4.78 is 2.47. The Morgan fingerprint density at radius 3 is 2.47 bits per heavy atom. The van der Waals surface area contributed by atoms with Crippen molar-refractivity contribution in [2.24, 2.45) is 7.05 Å². The normalized spacial score (nSPS) is 9.65. The lowest BCUT2D eigenvalue weighted by atomic mass is 10.3. The van der Waals surface area contributed by atoms with Gasteiger partial charge in [0.2, 0.25) is 0 Å². The molecule has 0 saturated heterocycles. The van der Waals surface area contributed by atoms with Crippen molar-refractivity contribution < 1.29 is 9.59 Å². The van der Waals surface area contributed by atoms with Crippen LogP contribution in [0.4, 0.5) is 0 Å². The van der Waals surface area contributed by atoms with Gasteiger partial charge in [0.05, 0.1) is 0 Å². The van der Waals surface area contributed by atoms with Gasteiger partial charge in [-0.15, -0.1) is 0 Å². The van der Waals surface area contributed by atoms with Crippen LogP contribution in [0.15, 0.2) is 28.4 Å². The number of carbonyl (C=O) groups is 2. The first kappa shape index (κ1) is 13.5. The Balaban J connectivity index is 2.59. The molecule has 0 spiro atoms. The first-order valence-electron chi connectivity index (χ1n) is 4.97. The average molecular weight is 300 g/mol. The molecule has 0 fully saturated rings. The number of rotatable bonds is 2. The van der Waals surface area contributed by atoms with Crippen molar-refractivity contribution in [2.75, 3.05) is 0 Å². The number of hydrogen-bond donors (Lipinski definition) is 2. The highest BCUT2D eigenvalue weighted by atomic mass is 79.9. The molecule has 92 valence electrons. The van der Waals surface area contributed by atoms with Crippen molar-refractivity contribution in [3.63, 3.8) is 0 Å². The highest BCUT2D eigenvalue weighted by molar-refractivity contribution is 9.10. The molecule has 0 aromatic carbocycles. The summed E-state index contributed by atoms with van der Waals surface area (Å²) in [6.07, 6.45) is 3.16. The van der Waals surface area contributed by atoms with Gasteiger partial charge in [-0.3, -0.25) is 20.4 Å². The number of hydrazine groups is 1. The van der Waals surface area contributed by atoms with E-state index in [0.717, 1.165) is 10.0 Å². The molecule has 0 radical (unpaired) electrons. The molecule has 17 heavy (non-hydrogen) atoms. The van der Waals surface area contributed by atoms with Gasteiger partial charge >= 0.3 is 0 Å². The Labute approximate surface area is 108 Å². The van der Waals surface area contributed by atoms with Gasteiger partial charge in [0.25, 0.3) is 11.8 Å².